The molecule has 0 fully saturated rings. The summed E-state index contributed by atoms with van der Waals surface area (Å²) in [4.78, 5) is 9.24. The van der Waals surface area contributed by atoms with Crippen LogP contribution in [-0.2, 0) is 0 Å². The summed E-state index contributed by atoms with van der Waals surface area (Å²) in [6.07, 6.45) is 3.74. The zero-order valence-electron chi connectivity index (χ0n) is 12.1. The van der Waals surface area contributed by atoms with Crippen LogP contribution in [0.25, 0.3) is 10.9 Å². The zero-order valence-corrected chi connectivity index (χ0v) is 12.1. The molecule has 0 radical (unpaired) electrons. The first-order chi connectivity index (χ1) is 11.3. The summed E-state index contributed by atoms with van der Waals surface area (Å²) in [6, 6.07) is 12.6. The number of hydrogen-bond donors (Lipinski definition) is 0. The van der Waals surface area contributed by atoms with Gasteiger partial charge in [0.25, 0.3) is 0 Å². The first kappa shape index (κ1) is 12.5. The van der Waals surface area contributed by atoms with Crippen molar-refractivity contribution in [2.24, 2.45) is 9.98 Å². The van der Waals surface area contributed by atoms with E-state index in [1.165, 1.54) is 6.07 Å². The SMILES string of the molecule is Fc1ccccc1C1=NC2=CCN=C2c2cccc3cnn1c23. The molecule has 3 aromatic rings. The fraction of sp³-hybridized carbons (Fsp3) is 0.0556. The van der Waals surface area contributed by atoms with Crippen molar-refractivity contribution < 1.29 is 4.39 Å². The smallest absolute Gasteiger partial charge is 0.164 e. The Balaban J connectivity index is 1.92. The molecule has 2 aliphatic rings. The summed E-state index contributed by atoms with van der Waals surface area (Å²) >= 11 is 0. The standard InChI is InChI=1S/C18H11FN4/c19-14-7-2-1-5-12(14)18-22-15-8-9-20-16(15)13-6-3-4-11-10-21-23(18)17(11)13/h1-8,10H,9H2. The molecule has 5 heteroatoms. The van der Waals surface area contributed by atoms with Gasteiger partial charge >= 0.3 is 0 Å². The number of benzene rings is 2. The maximum atomic E-state index is 14.3. The molecule has 0 amide bonds. The molecule has 1 aromatic heterocycles. The lowest BCUT2D eigenvalue weighted by Crippen LogP contribution is -2.16. The number of halogens is 1. The lowest BCUT2D eigenvalue weighted by Gasteiger charge is -2.08. The molecule has 0 unspecified atom stereocenters. The third-order valence-corrected chi connectivity index (χ3v) is 4.16. The van der Waals surface area contributed by atoms with Gasteiger partial charge in [-0.15, -0.1) is 0 Å². The molecule has 2 aliphatic heterocycles. The lowest BCUT2D eigenvalue weighted by atomic mass is 10.1. The van der Waals surface area contributed by atoms with E-state index in [1.807, 2.05) is 24.3 Å². The highest BCUT2D eigenvalue weighted by molar-refractivity contribution is 6.24. The van der Waals surface area contributed by atoms with Crippen molar-refractivity contribution in [1.82, 2.24) is 9.78 Å². The van der Waals surface area contributed by atoms with Crippen LogP contribution in [0.5, 0.6) is 0 Å². The highest BCUT2D eigenvalue weighted by Crippen LogP contribution is 2.29. The Morgan fingerprint density at radius 2 is 1.87 bits per heavy atom. The first-order valence-corrected chi connectivity index (χ1v) is 7.39. The Labute approximate surface area is 131 Å². The van der Waals surface area contributed by atoms with Gasteiger partial charge in [0, 0.05) is 10.9 Å². The fourth-order valence-corrected chi connectivity index (χ4v) is 3.13. The highest BCUT2D eigenvalue weighted by Gasteiger charge is 2.26. The second-order valence-corrected chi connectivity index (χ2v) is 5.49. The number of fused-ring (bicyclic) bond motifs is 2. The predicted molar refractivity (Wildman–Crippen MR) is 87.6 cm³/mol. The van der Waals surface area contributed by atoms with Gasteiger partial charge in [-0.2, -0.15) is 5.10 Å². The van der Waals surface area contributed by atoms with Crippen molar-refractivity contribution >= 4 is 22.5 Å². The van der Waals surface area contributed by atoms with E-state index in [0.717, 1.165) is 27.9 Å². The number of allylic oxidation sites excluding steroid dienone is 1. The van der Waals surface area contributed by atoms with Crippen molar-refractivity contribution in [3.8, 4) is 0 Å². The Bertz CT molecular complexity index is 1060. The zero-order chi connectivity index (χ0) is 15.4. The van der Waals surface area contributed by atoms with Crippen molar-refractivity contribution in [2.75, 3.05) is 6.54 Å². The number of aromatic nitrogens is 2. The summed E-state index contributed by atoms with van der Waals surface area (Å²) in [6.45, 7) is 0.600. The molecule has 0 bridgehead atoms. The van der Waals surface area contributed by atoms with E-state index in [-0.39, 0.29) is 5.82 Å². The van der Waals surface area contributed by atoms with Crippen molar-refractivity contribution in [3.63, 3.8) is 0 Å². The monoisotopic (exact) mass is 302 g/mol. The average molecular weight is 302 g/mol. The number of para-hydroxylation sites is 1. The van der Waals surface area contributed by atoms with Gasteiger partial charge in [0.15, 0.2) is 5.84 Å². The molecule has 2 aromatic carbocycles. The van der Waals surface area contributed by atoms with Crippen molar-refractivity contribution in [2.45, 2.75) is 0 Å². The summed E-state index contributed by atoms with van der Waals surface area (Å²) < 4.78 is 16.1. The van der Waals surface area contributed by atoms with E-state index < -0.39 is 0 Å². The van der Waals surface area contributed by atoms with E-state index in [0.29, 0.717) is 17.9 Å². The van der Waals surface area contributed by atoms with Crippen LogP contribution in [0.15, 0.2) is 70.4 Å². The molecule has 5 rings (SSSR count). The van der Waals surface area contributed by atoms with Crippen LogP contribution < -0.4 is 0 Å². The van der Waals surface area contributed by atoms with E-state index in [9.17, 15) is 4.39 Å². The summed E-state index contributed by atoms with van der Waals surface area (Å²) in [5.74, 6) is 0.176. The highest BCUT2D eigenvalue weighted by atomic mass is 19.1. The maximum absolute atomic E-state index is 14.3. The third kappa shape index (κ3) is 1.67. The van der Waals surface area contributed by atoms with Crippen LogP contribution >= 0.6 is 0 Å². The van der Waals surface area contributed by atoms with Crippen LogP contribution in [-0.4, -0.2) is 27.9 Å². The van der Waals surface area contributed by atoms with Gasteiger partial charge in [0.05, 0.1) is 35.2 Å². The minimum Gasteiger partial charge on any atom is -0.278 e. The minimum atomic E-state index is -0.314. The second-order valence-electron chi connectivity index (χ2n) is 5.49. The molecule has 0 N–H and O–H groups in total. The molecular weight excluding hydrogens is 291 g/mol. The molecule has 0 saturated carbocycles. The Kier molecular flexibility index (Phi) is 2.42. The van der Waals surface area contributed by atoms with Gasteiger partial charge in [-0.3, -0.25) is 4.99 Å². The molecule has 3 heterocycles. The number of rotatable bonds is 1. The summed E-state index contributed by atoms with van der Waals surface area (Å²) in [5.41, 5.74) is 3.96. The topological polar surface area (TPSA) is 42.5 Å². The van der Waals surface area contributed by atoms with E-state index in [1.54, 1.807) is 29.1 Å². The maximum Gasteiger partial charge on any atom is 0.164 e. The average Bonchev–Trinajstić information content (AvgIpc) is 3.17. The van der Waals surface area contributed by atoms with Gasteiger partial charge in [-0.1, -0.05) is 30.3 Å². The van der Waals surface area contributed by atoms with Crippen LogP contribution in [0, 0.1) is 5.82 Å². The number of aliphatic imine (C=N–C) groups is 2. The molecule has 0 atom stereocenters. The number of hydrogen-bond acceptors (Lipinski definition) is 3. The molecule has 0 spiro atoms. The van der Waals surface area contributed by atoms with Gasteiger partial charge < -0.3 is 0 Å². The molecular formula is C18H11FN4. The van der Waals surface area contributed by atoms with Crippen LogP contribution in [0.1, 0.15) is 11.1 Å². The minimum absolute atomic E-state index is 0.314. The lowest BCUT2D eigenvalue weighted by molar-refractivity contribution is 0.624. The summed E-state index contributed by atoms with van der Waals surface area (Å²) in [5, 5.41) is 5.44. The van der Waals surface area contributed by atoms with Crippen LogP contribution in [0.2, 0.25) is 0 Å². The normalized spacial score (nSPS) is 15.8. The molecule has 110 valence electrons. The van der Waals surface area contributed by atoms with Crippen LogP contribution in [0.3, 0.4) is 0 Å². The van der Waals surface area contributed by atoms with E-state index in [2.05, 4.69) is 15.1 Å². The fourth-order valence-electron chi connectivity index (χ4n) is 3.13. The first-order valence-electron chi connectivity index (χ1n) is 7.39. The van der Waals surface area contributed by atoms with Gasteiger partial charge in [0.1, 0.15) is 5.82 Å². The van der Waals surface area contributed by atoms with E-state index in [4.69, 9.17) is 0 Å². The summed E-state index contributed by atoms with van der Waals surface area (Å²) in [7, 11) is 0. The second kappa shape index (κ2) is 4.46. The Hall–Kier alpha value is -3.08. The third-order valence-electron chi connectivity index (χ3n) is 4.16. The van der Waals surface area contributed by atoms with Gasteiger partial charge in [0.2, 0.25) is 0 Å². The molecule has 23 heavy (non-hydrogen) atoms. The Morgan fingerprint density at radius 1 is 1.00 bits per heavy atom. The van der Waals surface area contributed by atoms with Crippen molar-refractivity contribution in [3.05, 3.63) is 77.4 Å². The van der Waals surface area contributed by atoms with E-state index >= 15 is 0 Å². The number of nitrogens with zero attached hydrogens (tertiary/aromatic N) is 4. The Morgan fingerprint density at radius 3 is 2.78 bits per heavy atom. The predicted octanol–water partition coefficient (Wildman–Crippen LogP) is 3.17. The molecule has 0 aliphatic carbocycles. The quantitative estimate of drug-likeness (QED) is 0.681. The molecule has 0 saturated heterocycles. The molecule has 4 nitrogen and oxygen atoms in total. The van der Waals surface area contributed by atoms with Gasteiger partial charge in [-0.25, -0.2) is 14.1 Å². The van der Waals surface area contributed by atoms with Crippen LogP contribution in [0.4, 0.5) is 4.39 Å². The van der Waals surface area contributed by atoms with Gasteiger partial charge in [-0.05, 0) is 18.2 Å². The largest absolute Gasteiger partial charge is 0.278 e. The van der Waals surface area contributed by atoms with Crippen molar-refractivity contribution in [1.29, 1.82) is 0 Å².